The molecule has 5 heteroatoms. The van der Waals surface area contributed by atoms with E-state index in [9.17, 15) is 4.79 Å². The molecular weight excluding hydrogens is 218 g/mol. The van der Waals surface area contributed by atoms with E-state index >= 15 is 0 Å². The molecule has 2 aromatic heterocycles. The predicted octanol–water partition coefficient (Wildman–Crippen LogP) is 1.77. The lowest BCUT2D eigenvalue weighted by Crippen LogP contribution is -2.30. The Kier molecular flexibility index (Phi) is 3.59. The lowest BCUT2D eigenvalue weighted by molar-refractivity contribution is -0.119. The smallest absolute Gasteiger partial charge is 0.239 e. The van der Waals surface area contributed by atoms with Gasteiger partial charge in [-0.3, -0.25) is 4.79 Å². The van der Waals surface area contributed by atoms with Gasteiger partial charge in [-0.2, -0.15) is 0 Å². The highest BCUT2D eigenvalue weighted by Gasteiger charge is 2.06. The Morgan fingerprint density at radius 3 is 3.18 bits per heavy atom. The van der Waals surface area contributed by atoms with Crippen molar-refractivity contribution in [2.24, 2.45) is 0 Å². The topological polar surface area (TPSA) is 67.2 Å². The summed E-state index contributed by atoms with van der Waals surface area (Å²) in [6, 6.07) is 3.62. The predicted molar refractivity (Wildman–Crippen MR) is 65.8 cm³/mol. The van der Waals surface area contributed by atoms with Crippen molar-refractivity contribution in [2.45, 2.75) is 13.3 Å². The summed E-state index contributed by atoms with van der Waals surface area (Å²) in [5.74, 6) is 0.636. The number of carbonyl (C=O) groups is 1. The highest BCUT2D eigenvalue weighted by Crippen LogP contribution is 2.21. The number of hydrogen-bond donors (Lipinski definition) is 2. The lowest BCUT2D eigenvalue weighted by Gasteiger charge is -2.06. The number of anilines is 1. The highest BCUT2D eigenvalue weighted by atomic mass is 16.3. The molecule has 5 nitrogen and oxygen atoms in total. The van der Waals surface area contributed by atoms with Crippen LogP contribution in [0.15, 0.2) is 29.0 Å². The van der Waals surface area contributed by atoms with Crippen LogP contribution in [-0.4, -0.2) is 24.0 Å². The second-order valence-electron chi connectivity index (χ2n) is 3.70. The van der Waals surface area contributed by atoms with Gasteiger partial charge in [0.1, 0.15) is 11.4 Å². The van der Waals surface area contributed by atoms with Crippen LogP contribution in [0.4, 0.5) is 5.82 Å². The maximum absolute atomic E-state index is 11.4. The number of furan rings is 1. The fraction of sp³-hybridized carbons (Fsp3) is 0.333. The molecule has 2 N–H and O–H groups in total. The van der Waals surface area contributed by atoms with Crippen molar-refractivity contribution in [1.29, 1.82) is 0 Å². The molecule has 0 aliphatic heterocycles. The van der Waals surface area contributed by atoms with Gasteiger partial charge in [-0.1, -0.05) is 6.92 Å². The van der Waals surface area contributed by atoms with Gasteiger partial charge < -0.3 is 15.1 Å². The number of rotatable bonds is 5. The van der Waals surface area contributed by atoms with E-state index in [4.69, 9.17) is 4.42 Å². The second-order valence-corrected chi connectivity index (χ2v) is 3.70. The van der Waals surface area contributed by atoms with E-state index < -0.39 is 0 Å². The van der Waals surface area contributed by atoms with Gasteiger partial charge in [0.2, 0.25) is 5.91 Å². The molecule has 90 valence electrons. The zero-order valence-electron chi connectivity index (χ0n) is 9.69. The van der Waals surface area contributed by atoms with Crippen molar-refractivity contribution in [3.05, 3.63) is 24.6 Å². The average Bonchev–Trinajstić information content (AvgIpc) is 2.82. The molecule has 2 aromatic rings. The van der Waals surface area contributed by atoms with Crippen molar-refractivity contribution >= 4 is 22.7 Å². The number of carbonyl (C=O) groups excluding carboxylic acids is 1. The fourth-order valence-electron chi connectivity index (χ4n) is 1.53. The van der Waals surface area contributed by atoms with Gasteiger partial charge in [0, 0.05) is 12.7 Å². The first-order chi connectivity index (χ1) is 8.31. The third kappa shape index (κ3) is 2.75. The van der Waals surface area contributed by atoms with Gasteiger partial charge in [-0.15, -0.1) is 0 Å². The molecule has 0 aliphatic carbocycles. The number of nitrogens with zero attached hydrogens (tertiary/aromatic N) is 1. The molecule has 0 aliphatic rings. The van der Waals surface area contributed by atoms with Gasteiger partial charge in [-0.05, 0) is 18.6 Å². The monoisotopic (exact) mass is 233 g/mol. The summed E-state index contributed by atoms with van der Waals surface area (Å²) in [5, 5.41) is 6.68. The quantitative estimate of drug-likeness (QED) is 0.825. The number of hydrogen-bond acceptors (Lipinski definition) is 4. The molecule has 0 saturated heterocycles. The van der Waals surface area contributed by atoms with Gasteiger partial charge >= 0.3 is 0 Å². The molecule has 2 heterocycles. The number of amides is 1. The molecule has 1 amide bonds. The van der Waals surface area contributed by atoms with E-state index in [1.54, 1.807) is 18.5 Å². The van der Waals surface area contributed by atoms with Crippen molar-refractivity contribution in [3.63, 3.8) is 0 Å². The van der Waals surface area contributed by atoms with Crippen LogP contribution in [0.25, 0.3) is 11.0 Å². The second kappa shape index (κ2) is 5.34. The molecule has 0 atom stereocenters. The highest BCUT2D eigenvalue weighted by molar-refractivity contribution is 5.90. The summed E-state index contributed by atoms with van der Waals surface area (Å²) in [6.45, 7) is 2.93. The van der Waals surface area contributed by atoms with Crippen LogP contribution in [-0.2, 0) is 4.79 Å². The van der Waals surface area contributed by atoms with E-state index in [-0.39, 0.29) is 12.5 Å². The van der Waals surface area contributed by atoms with E-state index in [2.05, 4.69) is 15.6 Å². The molecule has 0 unspecified atom stereocenters. The van der Waals surface area contributed by atoms with Gasteiger partial charge in [0.05, 0.1) is 18.2 Å². The minimum Gasteiger partial charge on any atom is -0.464 e. The molecule has 0 aromatic carbocycles. The third-order valence-electron chi connectivity index (χ3n) is 2.37. The van der Waals surface area contributed by atoms with E-state index in [0.29, 0.717) is 12.4 Å². The Hall–Kier alpha value is -2.04. The lowest BCUT2D eigenvalue weighted by atomic mass is 10.3. The number of fused-ring (bicyclic) bond motifs is 1. The van der Waals surface area contributed by atoms with Crippen LogP contribution < -0.4 is 10.6 Å². The molecule has 0 saturated carbocycles. The summed E-state index contributed by atoms with van der Waals surface area (Å²) in [6.07, 6.45) is 4.19. The first-order valence-electron chi connectivity index (χ1n) is 5.64. The maximum Gasteiger partial charge on any atom is 0.239 e. The third-order valence-corrected chi connectivity index (χ3v) is 2.37. The van der Waals surface area contributed by atoms with Gasteiger partial charge in [0.15, 0.2) is 0 Å². The number of nitrogens with one attached hydrogen (secondary N) is 2. The zero-order valence-corrected chi connectivity index (χ0v) is 9.69. The number of pyridine rings is 1. The Bertz CT molecular complexity index is 507. The Balaban J connectivity index is 1.99. The minimum atomic E-state index is -0.0332. The van der Waals surface area contributed by atoms with Crippen molar-refractivity contribution < 1.29 is 9.21 Å². The molecular formula is C12H15N3O2. The van der Waals surface area contributed by atoms with Crippen LogP contribution in [0.2, 0.25) is 0 Å². The van der Waals surface area contributed by atoms with Crippen LogP contribution in [0, 0.1) is 0 Å². The Morgan fingerprint density at radius 1 is 1.47 bits per heavy atom. The number of aromatic nitrogens is 1. The van der Waals surface area contributed by atoms with Crippen LogP contribution >= 0.6 is 0 Å². The Morgan fingerprint density at radius 2 is 2.35 bits per heavy atom. The van der Waals surface area contributed by atoms with Gasteiger partial charge in [0.25, 0.3) is 0 Å². The van der Waals surface area contributed by atoms with Gasteiger partial charge in [-0.25, -0.2) is 4.98 Å². The van der Waals surface area contributed by atoms with Crippen LogP contribution in [0.3, 0.4) is 0 Å². The first-order valence-corrected chi connectivity index (χ1v) is 5.64. The maximum atomic E-state index is 11.4. The van der Waals surface area contributed by atoms with Crippen molar-refractivity contribution in [1.82, 2.24) is 10.3 Å². The first kappa shape index (κ1) is 11.4. The average molecular weight is 233 g/mol. The largest absolute Gasteiger partial charge is 0.464 e. The van der Waals surface area contributed by atoms with E-state index in [1.165, 1.54) is 0 Å². The molecule has 0 bridgehead atoms. The normalized spacial score (nSPS) is 10.4. The zero-order chi connectivity index (χ0) is 12.1. The molecule has 0 radical (unpaired) electrons. The molecule has 2 rings (SSSR count). The molecule has 0 fully saturated rings. The van der Waals surface area contributed by atoms with E-state index in [1.807, 2.05) is 13.0 Å². The fourth-order valence-corrected chi connectivity index (χ4v) is 1.53. The SMILES string of the molecule is CCCNC(=O)CNc1nccc2occc12. The molecule has 17 heavy (non-hydrogen) atoms. The summed E-state index contributed by atoms with van der Waals surface area (Å²) in [5.41, 5.74) is 0.761. The Labute approximate surface area is 99.2 Å². The van der Waals surface area contributed by atoms with Crippen LogP contribution in [0.5, 0.6) is 0 Å². The van der Waals surface area contributed by atoms with E-state index in [0.717, 1.165) is 17.4 Å². The van der Waals surface area contributed by atoms with Crippen molar-refractivity contribution in [3.8, 4) is 0 Å². The standard InChI is InChI=1S/C12H15N3O2/c1-2-5-13-11(16)8-15-12-9-4-7-17-10(9)3-6-14-12/h3-4,6-7H,2,5,8H2,1H3,(H,13,16)(H,14,15). The van der Waals surface area contributed by atoms with Crippen LogP contribution in [0.1, 0.15) is 13.3 Å². The minimum absolute atomic E-state index is 0.0332. The summed E-state index contributed by atoms with van der Waals surface area (Å²) < 4.78 is 5.25. The summed E-state index contributed by atoms with van der Waals surface area (Å²) >= 11 is 0. The van der Waals surface area contributed by atoms with Crippen molar-refractivity contribution in [2.75, 3.05) is 18.4 Å². The summed E-state index contributed by atoms with van der Waals surface area (Å²) in [7, 11) is 0. The summed E-state index contributed by atoms with van der Waals surface area (Å²) in [4.78, 5) is 15.6. The molecule has 0 spiro atoms.